The van der Waals surface area contributed by atoms with Gasteiger partial charge in [-0.25, -0.2) is 4.39 Å². The first-order chi connectivity index (χ1) is 16.4. The fraction of sp³-hybridized carbons (Fsp3) is 0.222. The van der Waals surface area contributed by atoms with Crippen LogP contribution < -0.4 is 10.5 Å². The summed E-state index contributed by atoms with van der Waals surface area (Å²) in [4.78, 5) is 11.2. The predicted octanol–water partition coefficient (Wildman–Crippen LogP) is 5.25. The molecule has 1 heterocycles. The molecule has 176 valence electrons. The number of carboxylic acid groups (broad SMARTS) is 1. The van der Waals surface area contributed by atoms with E-state index in [1.165, 1.54) is 0 Å². The van der Waals surface area contributed by atoms with Crippen LogP contribution >= 0.6 is 0 Å². The number of nitrogens with two attached hydrogens (primary N) is 1. The molecule has 0 fully saturated rings. The van der Waals surface area contributed by atoms with E-state index < -0.39 is 12.3 Å². The Morgan fingerprint density at radius 3 is 2.65 bits per heavy atom. The smallest absolute Gasteiger partial charge is 0.307 e. The summed E-state index contributed by atoms with van der Waals surface area (Å²) < 4.78 is 30.7. The molecule has 0 bridgehead atoms. The summed E-state index contributed by atoms with van der Waals surface area (Å²) in [5.41, 5.74) is 10.0. The second-order valence-corrected chi connectivity index (χ2v) is 8.09. The van der Waals surface area contributed by atoms with Crippen molar-refractivity contribution in [1.29, 1.82) is 0 Å². The maximum absolute atomic E-state index is 13.4. The standard InChI is InChI=1S/C27H26FNO5/c1-32-16-22-13-21-10-18(15-33-24-8-3-2-6-20(24)14-26(30)31)11-23(27(21)34-22)19-7-4-5-17(9-19)12-25(28)29/h2-11,13,25H,12,14-16,29H2,1H3,(H,30,31)/t25-/m1/s1. The normalized spacial score (nSPS) is 12.1. The van der Waals surface area contributed by atoms with Gasteiger partial charge < -0.3 is 24.7 Å². The molecule has 0 amide bonds. The zero-order valence-corrected chi connectivity index (χ0v) is 18.8. The molecule has 7 heteroatoms. The number of aliphatic carboxylic acids is 1. The number of furan rings is 1. The molecule has 3 N–H and O–H groups in total. The SMILES string of the molecule is COCc1cc2cc(COc3ccccc3CC(=O)O)cc(-c3cccc(C[C@@H](N)F)c3)c2o1. The zero-order chi connectivity index (χ0) is 24.1. The molecular formula is C27H26FNO5. The van der Waals surface area contributed by atoms with Crippen molar-refractivity contribution in [1.82, 2.24) is 0 Å². The number of hydrogen-bond acceptors (Lipinski definition) is 5. The van der Waals surface area contributed by atoms with Gasteiger partial charge in [-0.1, -0.05) is 42.5 Å². The van der Waals surface area contributed by atoms with Crippen molar-refractivity contribution in [3.8, 4) is 16.9 Å². The third-order valence-electron chi connectivity index (χ3n) is 5.39. The number of fused-ring (bicyclic) bond motifs is 1. The molecule has 0 aliphatic heterocycles. The summed E-state index contributed by atoms with van der Waals surface area (Å²) in [6, 6.07) is 20.5. The van der Waals surface area contributed by atoms with E-state index in [4.69, 9.17) is 19.6 Å². The monoisotopic (exact) mass is 463 g/mol. The highest BCUT2D eigenvalue weighted by atomic mass is 19.1. The second-order valence-electron chi connectivity index (χ2n) is 8.09. The van der Waals surface area contributed by atoms with E-state index in [-0.39, 0.29) is 19.4 Å². The lowest BCUT2D eigenvalue weighted by Crippen LogP contribution is -2.15. The van der Waals surface area contributed by atoms with Gasteiger partial charge in [0, 0.05) is 30.0 Å². The number of halogens is 1. The largest absolute Gasteiger partial charge is 0.489 e. The molecular weight excluding hydrogens is 437 g/mol. The van der Waals surface area contributed by atoms with Crippen molar-refractivity contribution < 1.29 is 28.2 Å². The van der Waals surface area contributed by atoms with E-state index >= 15 is 0 Å². The molecule has 1 aromatic heterocycles. The van der Waals surface area contributed by atoms with E-state index in [1.54, 1.807) is 25.3 Å². The van der Waals surface area contributed by atoms with Gasteiger partial charge >= 0.3 is 5.97 Å². The Morgan fingerprint density at radius 2 is 1.88 bits per heavy atom. The molecule has 1 atom stereocenters. The van der Waals surface area contributed by atoms with Crippen LogP contribution in [-0.2, 0) is 35.6 Å². The molecule has 4 aromatic rings. The van der Waals surface area contributed by atoms with Crippen LogP contribution in [0.1, 0.15) is 22.5 Å². The van der Waals surface area contributed by atoms with Crippen LogP contribution in [0.15, 0.2) is 71.1 Å². The minimum Gasteiger partial charge on any atom is -0.489 e. The minimum absolute atomic E-state index is 0.118. The highest BCUT2D eigenvalue weighted by molar-refractivity contribution is 5.93. The number of carboxylic acids is 1. The lowest BCUT2D eigenvalue weighted by Gasteiger charge is -2.12. The van der Waals surface area contributed by atoms with E-state index in [1.807, 2.05) is 48.5 Å². The molecule has 4 rings (SSSR count). The van der Waals surface area contributed by atoms with Gasteiger partial charge in [-0.15, -0.1) is 0 Å². The Bertz CT molecular complexity index is 1300. The number of alkyl halides is 1. The van der Waals surface area contributed by atoms with Crippen molar-refractivity contribution in [2.24, 2.45) is 5.73 Å². The predicted molar refractivity (Wildman–Crippen MR) is 127 cm³/mol. The van der Waals surface area contributed by atoms with Crippen molar-refractivity contribution >= 4 is 16.9 Å². The number of rotatable bonds is 10. The van der Waals surface area contributed by atoms with E-state index in [9.17, 15) is 14.3 Å². The van der Waals surface area contributed by atoms with E-state index in [2.05, 4.69) is 0 Å². The molecule has 6 nitrogen and oxygen atoms in total. The minimum atomic E-state index is -1.43. The molecule has 3 aromatic carbocycles. The van der Waals surface area contributed by atoms with Crippen molar-refractivity contribution in [3.63, 3.8) is 0 Å². The molecule has 0 saturated carbocycles. The average molecular weight is 464 g/mol. The first-order valence-corrected chi connectivity index (χ1v) is 10.9. The van der Waals surface area contributed by atoms with E-state index in [0.717, 1.165) is 27.6 Å². The summed E-state index contributed by atoms with van der Waals surface area (Å²) >= 11 is 0. The molecule has 0 unspecified atom stereocenters. The van der Waals surface area contributed by atoms with Gasteiger partial charge in [-0.3, -0.25) is 4.79 Å². The Hall–Kier alpha value is -3.68. The van der Waals surface area contributed by atoms with E-state index in [0.29, 0.717) is 29.3 Å². The lowest BCUT2D eigenvalue weighted by atomic mass is 9.98. The molecule has 0 radical (unpaired) electrons. The number of para-hydroxylation sites is 1. The number of methoxy groups -OCH3 is 1. The summed E-state index contributed by atoms with van der Waals surface area (Å²) in [6.45, 7) is 0.568. The maximum atomic E-state index is 13.4. The number of hydrogen-bond donors (Lipinski definition) is 2. The van der Waals surface area contributed by atoms with Crippen LogP contribution in [0, 0.1) is 0 Å². The zero-order valence-electron chi connectivity index (χ0n) is 18.8. The number of benzene rings is 3. The fourth-order valence-electron chi connectivity index (χ4n) is 3.99. The van der Waals surface area contributed by atoms with Crippen LogP contribution in [-0.4, -0.2) is 24.5 Å². The van der Waals surface area contributed by atoms with Gasteiger partial charge in [0.15, 0.2) is 6.30 Å². The van der Waals surface area contributed by atoms with Crippen LogP contribution in [0.25, 0.3) is 22.1 Å². The molecule has 34 heavy (non-hydrogen) atoms. The van der Waals surface area contributed by atoms with Gasteiger partial charge in [0.2, 0.25) is 0 Å². The molecule has 0 aliphatic carbocycles. The number of ether oxygens (including phenoxy) is 2. The van der Waals surface area contributed by atoms with Gasteiger partial charge in [-0.05, 0) is 41.0 Å². The van der Waals surface area contributed by atoms with Gasteiger partial charge in [-0.2, -0.15) is 0 Å². The first-order valence-electron chi connectivity index (χ1n) is 10.9. The second kappa shape index (κ2) is 10.5. The average Bonchev–Trinajstić information content (AvgIpc) is 3.20. The lowest BCUT2D eigenvalue weighted by molar-refractivity contribution is -0.136. The molecule has 0 aliphatic rings. The Labute approximate surface area is 196 Å². The van der Waals surface area contributed by atoms with Gasteiger partial charge in [0.05, 0.1) is 6.42 Å². The molecule has 0 saturated heterocycles. The van der Waals surface area contributed by atoms with Crippen molar-refractivity contribution in [2.75, 3.05) is 7.11 Å². The summed E-state index contributed by atoms with van der Waals surface area (Å²) in [7, 11) is 1.60. The Balaban J connectivity index is 1.71. The highest BCUT2D eigenvalue weighted by Gasteiger charge is 2.15. The summed E-state index contributed by atoms with van der Waals surface area (Å²) in [5, 5.41) is 10.1. The third-order valence-corrected chi connectivity index (χ3v) is 5.39. The number of carbonyl (C=O) groups is 1. The topological polar surface area (TPSA) is 94.9 Å². The summed E-state index contributed by atoms with van der Waals surface area (Å²) in [5.74, 6) is 0.292. The Kier molecular flexibility index (Phi) is 7.25. The van der Waals surface area contributed by atoms with Gasteiger partial charge in [0.25, 0.3) is 0 Å². The van der Waals surface area contributed by atoms with Gasteiger partial charge in [0.1, 0.15) is 30.3 Å². The van der Waals surface area contributed by atoms with Crippen molar-refractivity contribution in [3.05, 3.63) is 89.2 Å². The molecule has 0 spiro atoms. The first kappa shape index (κ1) is 23.5. The van der Waals surface area contributed by atoms with Crippen LogP contribution in [0.5, 0.6) is 5.75 Å². The van der Waals surface area contributed by atoms with Crippen LogP contribution in [0.2, 0.25) is 0 Å². The maximum Gasteiger partial charge on any atom is 0.307 e. The quantitative estimate of drug-likeness (QED) is 0.312. The highest BCUT2D eigenvalue weighted by Crippen LogP contribution is 2.34. The van der Waals surface area contributed by atoms with Crippen LogP contribution in [0.4, 0.5) is 4.39 Å². The summed E-state index contributed by atoms with van der Waals surface area (Å²) in [6.07, 6.45) is -1.43. The third kappa shape index (κ3) is 5.62. The van der Waals surface area contributed by atoms with Crippen LogP contribution in [0.3, 0.4) is 0 Å². The Morgan fingerprint density at radius 1 is 1.06 bits per heavy atom. The van der Waals surface area contributed by atoms with Crippen molar-refractivity contribution in [2.45, 2.75) is 32.4 Å². The fourth-order valence-corrected chi connectivity index (χ4v) is 3.99.